The van der Waals surface area contributed by atoms with Gasteiger partial charge >= 0.3 is 5.97 Å². The van der Waals surface area contributed by atoms with Crippen molar-refractivity contribution >= 4 is 16.9 Å². The Hall–Kier alpha value is -1.85. The van der Waals surface area contributed by atoms with Crippen molar-refractivity contribution < 1.29 is 9.90 Å². The number of carbonyl (C=O) groups is 1. The van der Waals surface area contributed by atoms with Crippen molar-refractivity contribution in [1.82, 2.24) is 9.88 Å². The molecular formula is C13H15N3O2. The van der Waals surface area contributed by atoms with Gasteiger partial charge in [-0.1, -0.05) is 18.2 Å². The fourth-order valence-corrected chi connectivity index (χ4v) is 2.83. The standard InChI is InChI=1S/C13H15N3O2/c1-16-9-5-3-2-4-7(9)8-6-10(14)15-11(12(8)16)13(17)18/h2-5,10-11,15H,6,14H2,1H3,(H,17,18). The summed E-state index contributed by atoms with van der Waals surface area (Å²) < 4.78 is 1.95. The van der Waals surface area contributed by atoms with E-state index in [0.717, 1.165) is 22.2 Å². The molecule has 0 bridgehead atoms. The second kappa shape index (κ2) is 3.83. The predicted molar refractivity (Wildman–Crippen MR) is 68.1 cm³/mol. The van der Waals surface area contributed by atoms with Gasteiger partial charge in [-0.15, -0.1) is 0 Å². The molecule has 94 valence electrons. The number of hydrogen-bond donors (Lipinski definition) is 3. The van der Waals surface area contributed by atoms with E-state index >= 15 is 0 Å². The fourth-order valence-electron chi connectivity index (χ4n) is 2.83. The van der Waals surface area contributed by atoms with E-state index in [-0.39, 0.29) is 6.17 Å². The monoisotopic (exact) mass is 245 g/mol. The van der Waals surface area contributed by atoms with Crippen LogP contribution in [0.2, 0.25) is 0 Å². The van der Waals surface area contributed by atoms with Gasteiger partial charge in [0.25, 0.3) is 0 Å². The summed E-state index contributed by atoms with van der Waals surface area (Å²) in [5, 5.41) is 13.3. The fraction of sp³-hybridized carbons (Fsp3) is 0.308. The van der Waals surface area contributed by atoms with Gasteiger partial charge in [-0.25, -0.2) is 0 Å². The molecule has 0 aliphatic carbocycles. The molecule has 0 amide bonds. The molecular weight excluding hydrogens is 230 g/mol. The van der Waals surface area contributed by atoms with Gasteiger partial charge in [-0.3, -0.25) is 10.1 Å². The summed E-state index contributed by atoms with van der Waals surface area (Å²) in [4.78, 5) is 11.4. The number of nitrogens with zero attached hydrogens (tertiary/aromatic N) is 1. The smallest absolute Gasteiger partial charge is 0.326 e. The molecule has 0 fully saturated rings. The third kappa shape index (κ3) is 1.45. The average molecular weight is 245 g/mol. The lowest BCUT2D eigenvalue weighted by Crippen LogP contribution is -2.48. The SMILES string of the molecule is Cn1c2c(c3ccccc31)CC(N)NC2C(=O)O. The van der Waals surface area contributed by atoms with Crippen molar-refractivity contribution in [2.45, 2.75) is 18.6 Å². The minimum Gasteiger partial charge on any atom is -0.480 e. The summed E-state index contributed by atoms with van der Waals surface area (Å²) in [6.07, 6.45) is 0.338. The Morgan fingerprint density at radius 1 is 1.50 bits per heavy atom. The van der Waals surface area contributed by atoms with Crippen LogP contribution < -0.4 is 11.1 Å². The summed E-state index contributed by atoms with van der Waals surface area (Å²) in [6, 6.07) is 7.20. The third-order valence-electron chi connectivity index (χ3n) is 3.59. The zero-order valence-electron chi connectivity index (χ0n) is 10.1. The van der Waals surface area contributed by atoms with Crippen LogP contribution >= 0.6 is 0 Å². The van der Waals surface area contributed by atoms with Crippen LogP contribution in [0.15, 0.2) is 24.3 Å². The number of nitrogens with two attached hydrogens (primary N) is 1. The Bertz CT molecular complexity index is 632. The lowest BCUT2D eigenvalue weighted by atomic mass is 9.97. The van der Waals surface area contributed by atoms with Gasteiger partial charge in [-0.05, 0) is 11.6 Å². The molecule has 5 nitrogen and oxygen atoms in total. The molecule has 1 aromatic carbocycles. The minimum absolute atomic E-state index is 0.315. The molecule has 0 saturated carbocycles. The van der Waals surface area contributed by atoms with E-state index in [1.165, 1.54) is 0 Å². The highest BCUT2D eigenvalue weighted by molar-refractivity contribution is 5.89. The molecule has 0 saturated heterocycles. The summed E-state index contributed by atoms with van der Waals surface area (Å²) in [6.45, 7) is 0. The number of carboxylic acid groups (broad SMARTS) is 1. The lowest BCUT2D eigenvalue weighted by molar-refractivity contribution is -0.140. The number of nitrogens with one attached hydrogen (secondary N) is 1. The largest absolute Gasteiger partial charge is 0.480 e. The summed E-state index contributed by atoms with van der Waals surface area (Å²) in [7, 11) is 1.90. The Morgan fingerprint density at radius 3 is 2.94 bits per heavy atom. The van der Waals surface area contributed by atoms with Crippen molar-refractivity contribution in [3.05, 3.63) is 35.5 Å². The number of aryl methyl sites for hydroxylation is 1. The first-order valence-corrected chi connectivity index (χ1v) is 5.90. The Balaban J connectivity index is 2.32. The van der Waals surface area contributed by atoms with Crippen LogP contribution in [0, 0.1) is 0 Å². The molecule has 3 rings (SSSR count). The van der Waals surface area contributed by atoms with Gasteiger partial charge in [0.05, 0.1) is 11.9 Å². The zero-order valence-corrected chi connectivity index (χ0v) is 10.1. The normalized spacial score (nSPS) is 23.0. The van der Waals surface area contributed by atoms with Gasteiger partial charge in [0.2, 0.25) is 0 Å². The molecule has 18 heavy (non-hydrogen) atoms. The predicted octanol–water partition coefficient (Wildman–Crippen LogP) is 0.735. The number of aliphatic carboxylic acids is 1. The molecule has 0 spiro atoms. The highest BCUT2D eigenvalue weighted by Gasteiger charge is 2.33. The Morgan fingerprint density at radius 2 is 2.22 bits per heavy atom. The first kappa shape index (κ1) is 11.3. The van der Waals surface area contributed by atoms with Gasteiger partial charge in [0.1, 0.15) is 6.04 Å². The van der Waals surface area contributed by atoms with E-state index in [1.54, 1.807) is 0 Å². The van der Waals surface area contributed by atoms with E-state index in [4.69, 9.17) is 5.73 Å². The molecule has 2 atom stereocenters. The van der Waals surface area contributed by atoms with E-state index in [2.05, 4.69) is 5.32 Å². The number of hydrogen-bond acceptors (Lipinski definition) is 3. The number of fused-ring (bicyclic) bond motifs is 3. The molecule has 0 radical (unpaired) electrons. The quantitative estimate of drug-likeness (QED) is 0.692. The topological polar surface area (TPSA) is 80.3 Å². The minimum atomic E-state index is -0.891. The number of rotatable bonds is 1. The molecule has 2 aromatic rings. The number of aromatic nitrogens is 1. The van der Waals surface area contributed by atoms with Crippen LogP contribution in [0.25, 0.3) is 10.9 Å². The van der Waals surface area contributed by atoms with Gasteiger partial charge in [-0.2, -0.15) is 0 Å². The van der Waals surface area contributed by atoms with E-state index in [0.29, 0.717) is 6.42 Å². The maximum atomic E-state index is 11.4. The molecule has 4 N–H and O–H groups in total. The molecule has 2 heterocycles. The third-order valence-corrected chi connectivity index (χ3v) is 3.59. The second-order valence-corrected chi connectivity index (χ2v) is 4.69. The maximum Gasteiger partial charge on any atom is 0.326 e. The van der Waals surface area contributed by atoms with Crippen LogP contribution in [-0.4, -0.2) is 21.8 Å². The number of carboxylic acids is 1. The van der Waals surface area contributed by atoms with Crippen LogP contribution in [0.5, 0.6) is 0 Å². The highest BCUT2D eigenvalue weighted by atomic mass is 16.4. The summed E-state index contributed by atoms with van der Waals surface area (Å²) in [5.74, 6) is -0.891. The Labute approximate surface area is 104 Å². The van der Waals surface area contributed by atoms with Crippen LogP contribution in [0.1, 0.15) is 17.3 Å². The van der Waals surface area contributed by atoms with Gasteiger partial charge < -0.3 is 15.4 Å². The van der Waals surface area contributed by atoms with Crippen molar-refractivity contribution in [2.75, 3.05) is 0 Å². The molecule has 1 aliphatic rings. The van der Waals surface area contributed by atoms with Gasteiger partial charge in [0.15, 0.2) is 0 Å². The van der Waals surface area contributed by atoms with Crippen molar-refractivity contribution in [2.24, 2.45) is 12.8 Å². The maximum absolute atomic E-state index is 11.4. The van der Waals surface area contributed by atoms with Crippen molar-refractivity contribution in [3.8, 4) is 0 Å². The number of para-hydroxylation sites is 1. The summed E-state index contributed by atoms with van der Waals surface area (Å²) >= 11 is 0. The molecule has 5 heteroatoms. The average Bonchev–Trinajstić information content (AvgIpc) is 2.63. The first-order valence-electron chi connectivity index (χ1n) is 5.90. The first-order chi connectivity index (χ1) is 8.59. The van der Waals surface area contributed by atoms with Crippen molar-refractivity contribution in [1.29, 1.82) is 0 Å². The molecule has 1 aliphatic heterocycles. The zero-order chi connectivity index (χ0) is 12.9. The van der Waals surface area contributed by atoms with E-state index in [1.807, 2.05) is 35.9 Å². The second-order valence-electron chi connectivity index (χ2n) is 4.69. The van der Waals surface area contributed by atoms with Crippen molar-refractivity contribution in [3.63, 3.8) is 0 Å². The molecule has 2 unspecified atom stereocenters. The lowest BCUT2D eigenvalue weighted by Gasteiger charge is -2.27. The Kier molecular flexibility index (Phi) is 2.39. The highest BCUT2D eigenvalue weighted by Crippen LogP contribution is 2.33. The van der Waals surface area contributed by atoms with E-state index in [9.17, 15) is 9.90 Å². The molecule has 1 aromatic heterocycles. The van der Waals surface area contributed by atoms with Crippen LogP contribution in [0.4, 0.5) is 0 Å². The number of benzene rings is 1. The van der Waals surface area contributed by atoms with Crippen LogP contribution in [0.3, 0.4) is 0 Å². The van der Waals surface area contributed by atoms with Crippen LogP contribution in [-0.2, 0) is 18.3 Å². The summed E-state index contributed by atoms with van der Waals surface area (Å²) in [5.41, 5.74) is 8.80. The van der Waals surface area contributed by atoms with Gasteiger partial charge in [0, 0.05) is 24.4 Å². The van der Waals surface area contributed by atoms with E-state index < -0.39 is 12.0 Å².